The molecule has 0 fully saturated rings. The zero-order chi connectivity index (χ0) is 20.5. The van der Waals surface area contributed by atoms with Gasteiger partial charge in [-0.1, -0.05) is 23.7 Å². The molecular weight excluding hydrogens is 384 g/mol. The molecule has 0 aliphatic rings. The minimum atomic E-state index is -0.709. The predicted octanol–water partition coefficient (Wildman–Crippen LogP) is 3.31. The van der Waals surface area contributed by atoms with Gasteiger partial charge in [-0.15, -0.1) is 0 Å². The Labute approximate surface area is 168 Å². The molecule has 0 aromatic heterocycles. The molecule has 3 amide bonds. The third kappa shape index (κ3) is 7.28. The second kappa shape index (κ2) is 10.3. The number of hydrogen-bond acceptors (Lipinski definition) is 5. The van der Waals surface area contributed by atoms with Crippen LogP contribution in [0.15, 0.2) is 48.5 Å². The number of esters is 1. The van der Waals surface area contributed by atoms with Gasteiger partial charge in [-0.2, -0.15) is 0 Å². The van der Waals surface area contributed by atoms with Crippen LogP contribution >= 0.6 is 11.6 Å². The number of nitrogens with one attached hydrogen (secondary N) is 2. The number of imide groups is 1. The highest BCUT2D eigenvalue weighted by Gasteiger charge is 2.13. The second-order valence-corrected chi connectivity index (χ2v) is 6.63. The predicted molar refractivity (Wildman–Crippen MR) is 104 cm³/mol. The molecule has 148 valence electrons. The van der Waals surface area contributed by atoms with Crippen molar-refractivity contribution in [2.75, 3.05) is 6.61 Å². The average Bonchev–Trinajstić information content (AvgIpc) is 2.65. The lowest BCUT2D eigenvalue weighted by molar-refractivity contribution is -0.123. The smallest absolute Gasteiger partial charge is 0.338 e. The number of rotatable bonds is 7. The van der Waals surface area contributed by atoms with Gasteiger partial charge in [0.1, 0.15) is 12.4 Å². The molecule has 0 unspecified atom stereocenters. The van der Waals surface area contributed by atoms with E-state index < -0.39 is 24.5 Å². The summed E-state index contributed by atoms with van der Waals surface area (Å²) in [5.41, 5.74) is 1.14. The molecule has 2 aromatic rings. The highest BCUT2D eigenvalue weighted by molar-refractivity contribution is 6.30. The molecule has 0 bridgehead atoms. The van der Waals surface area contributed by atoms with Crippen molar-refractivity contribution in [2.24, 2.45) is 0 Å². The molecule has 0 heterocycles. The summed E-state index contributed by atoms with van der Waals surface area (Å²) in [6, 6.07) is 12.8. The standard InChI is InChI=1S/C20H21ClN2O5/c1-13(2)22-20(26)23-18(24)12-28-19(25)15-5-3-14(4-6-15)11-27-17-9-7-16(21)8-10-17/h3-10,13H,11-12H2,1-2H3,(H2,22,23,24,26). The molecule has 2 rings (SSSR count). The molecule has 2 aromatic carbocycles. The van der Waals surface area contributed by atoms with Crippen LogP contribution in [0.2, 0.25) is 5.02 Å². The fourth-order valence-electron chi connectivity index (χ4n) is 2.11. The minimum absolute atomic E-state index is 0.113. The molecule has 0 saturated carbocycles. The Morgan fingerprint density at radius 3 is 2.25 bits per heavy atom. The van der Waals surface area contributed by atoms with Gasteiger partial charge in [-0.05, 0) is 55.8 Å². The van der Waals surface area contributed by atoms with Gasteiger partial charge in [0.25, 0.3) is 5.91 Å². The first kappa shape index (κ1) is 21.2. The van der Waals surface area contributed by atoms with E-state index >= 15 is 0 Å². The van der Waals surface area contributed by atoms with Gasteiger partial charge in [0, 0.05) is 11.1 Å². The van der Waals surface area contributed by atoms with E-state index in [9.17, 15) is 14.4 Å². The Bertz CT molecular complexity index is 819. The van der Waals surface area contributed by atoms with Crippen LogP contribution in [-0.2, 0) is 16.1 Å². The first-order valence-electron chi connectivity index (χ1n) is 8.58. The zero-order valence-electron chi connectivity index (χ0n) is 15.5. The van der Waals surface area contributed by atoms with Gasteiger partial charge < -0.3 is 14.8 Å². The topological polar surface area (TPSA) is 93.7 Å². The second-order valence-electron chi connectivity index (χ2n) is 6.19. The summed E-state index contributed by atoms with van der Waals surface area (Å²) >= 11 is 5.82. The molecule has 0 aliphatic heterocycles. The third-order valence-corrected chi connectivity index (χ3v) is 3.67. The summed E-state index contributed by atoms with van der Waals surface area (Å²) < 4.78 is 10.5. The molecule has 0 radical (unpaired) electrons. The molecule has 0 saturated heterocycles. The van der Waals surface area contributed by atoms with Crippen LogP contribution in [-0.4, -0.2) is 30.6 Å². The molecule has 0 aliphatic carbocycles. The van der Waals surface area contributed by atoms with Crippen LogP contribution in [0.5, 0.6) is 5.75 Å². The highest BCUT2D eigenvalue weighted by Crippen LogP contribution is 2.17. The van der Waals surface area contributed by atoms with Gasteiger partial charge in [0.2, 0.25) is 0 Å². The van der Waals surface area contributed by atoms with Crippen molar-refractivity contribution in [3.63, 3.8) is 0 Å². The van der Waals surface area contributed by atoms with Crippen molar-refractivity contribution >= 4 is 29.5 Å². The molecule has 2 N–H and O–H groups in total. The maximum atomic E-state index is 12.0. The van der Waals surface area contributed by atoms with Crippen molar-refractivity contribution in [1.82, 2.24) is 10.6 Å². The van der Waals surface area contributed by atoms with E-state index in [0.717, 1.165) is 5.56 Å². The molecule has 7 nitrogen and oxygen atoms in total. The molecule has 0 spiro atoms. The Morgan fingerprint density at radius 2 is 1.64 bits per heavy atom. The lowest BCUT2D eigenvalue weighted by Gasteiger charge is -2.10. The number of hydrogen-bond donors (Lipinski definition) is 2. The van der Waals surface area contributed by atoms with Crippen LogP contribution in [0.4, 0.5) is 4.79 Å². The highest BCUT2D eigenvalue weighted by atomic mass is 35.5. The maximum absolute atomic E-state index is 12.0. The summed E-state index contributed by atoms with van der Waals surface area (Å²) in [5.74, 6) is -0.690. The van der Waals surface area contributed by atoms with Gasteiger partial charge >= 0.3 is 12.0 Å². The Kier molecular flexibility index (Phi) is 7.83. The SMILES string of the molecule is CC(C)NC(=O)NC(=O)COC(=O)c1ccc(COc2ccc(Cl)cc2)cc1. The number of urea groups is 1. The number of amides is 3. The minimum Gasteiger partial charge on any atom is -0.489 e. The lowest BCUT2D eigenvalue weighted by Crippen LogP contribution is -2.44. The van der Waals surface area contributed by atoms with E-state index in [-0.39, 0.29) is 11.6 Å². The Balaban J connectivity index is 1.78. The number of carbonyl (C=O) groups excluding carboxylic acids is 3. The van der Waals surface area contributed by atoms with Crippen LogP contribution in [0, 0.1) is 0 Å². The molecular formula is C20H21ClN2O5. The fraction of sp³-hybridized carbons (Fsp3) is 0.250. The Morgan fingerprint density at radius 1 is 1.00 bits per heavy atom. The van der Waals surface area contributed by atoms with Gasteiger partial charge in [-0.3, -0.25) is 10.1 Å². The first-order valence-corrected chi connectivity index (χ1v) is 8.96. The van der Waals surface area contributed by atoms with Crippen molar-refractivity contribution in [3.8, 4) is 5.75 Å². The van der Waals surface area contributed by atoms with Crippen molar-refractivity contribution in [1.29, 1.82) is 0 Å². The number of ether oxygens (including phenoxy) is 2. The monoisotopic (exact) mass is 404 g/mol. The van der Waals surface area contributed by atoms with Crippen LogP contribution in [0.3, 0.4) is 0 Å². The number of halogens is 1. The van der Waals surface area contributed by atoms with Gasteiger partial charge in [0.15, 0.2) is 6.61 Å². The summed E-state index contributed by atoms with van der Waals surface area (Å²) in [6.45, 7) is 3.29. The lowest BCUT2D eigenvalue weighted by atomic mass is 10.1. The first-order chi connectivity index (χ1) is 13.3. The normalized spacial score (nSPS) is 10.3. The average molecular weight is 405 g/mol. The van der Waals surface area contributed by atoms with E-state index in [0.29, 0.717) is 17.4 Å². The van der Waals surface area contributed by atoms with E-state index in [1.54, 1.807) is 62.4 Å². The van der Waals surface area contributed by atoms with E-state index in [4.69, 9.17) is 21.1 Å². The molecule has 0 atom stereocenters. The zero-order valence-corrected chi connectivity index (χ0v) is 16.3. The largest absolute Gasteiger partial charge is 0.489 e. The van der Waals surface area contributed by atoms with E-state index in [1.165, 1.54) is 0 Å². The Hall–Kier alpha value is -3.06. The van der Waals surface area contributed by atoms with Crippen LogP contribution < -0.4 is 15.4 Å². The third-order valence-electron chi connectivity index (χ3n) is 3.42. The summed E-state index contributed by atoms with van der Waals surface area (Å²) in [7, 11) is 0. The van der Waals surface area contributed by atoms with Crippen molar-refractivity contribution in [2.45, 2.75) is 26.5 Å². The molecule has 28 heavy (non-hydrogen) atoms. The molecule has 8 heteroatoms. The van der Waals surface area contributed by atoms with Crippen molar-refractivity contribution < 1.29 is 23.9 Å². The maximum Gasteiger partial charge on any atom is 0.338 e. The quantitative estimate of drug-likeness (QED) is 0.690. The summed E-state index contributed by atoms with van der Waals surface area (Å²) in [5, 5.41) is 5.20. The van der Waals surface area contributed by atoms with Gasteiger partial charge in [-0.25, -0.2) is 9.59 Å². The van der Waals surface area contributed by atoms with E-state index in [1.807, 2.05) is 0 Å². The fourth-order valence-corrected chi connectivity index (χ4v) is 2.24. The summed E-state index contributed by atoms with van der Waals surface area (Å²) in [4.78, 5) is 35.0. The van der Waals surface area contributed by atoms with Crippen LogP contribution in [0.25, 0.3) is 0 Å². The number of benzene rings is 2. The summed E-state index contributed by atoms with van der Waals surface area (Å²) in [6.07, 6.45) is 0. The number of carbonyl (C=O) groups is 3. The van der Waals surface area contributed by atoms with Gasteiger partial charge in [0.05, 0.1) is 5.56 Å². The van der Waals surface area contributed by atoms with Crippen molar-refractivity contribution in [3.05, 3.63) is 64.7 Å². The van der Waals surface area contributed by atoms with Crippen LogP contribution in [0.1, 0.15) is 29.8 Å². The van der Waals surface area contributed by atoms with E-state index in [2.05, 4.69) is 10.6 Å².